The number of furan rings is 1. The number of rotatable bonds is 7. The van der Waals surface area contributed by atoms with Gasteiger partial charge in [0, 0.05) is 12.2 Å². The van der Waals surface area contributed by atoms with Gasteiger partial charge in [-0.25, -0.2) is 0 Å². The summed E-state index contributed by atoms with van der Waals surface area (Å²) in [5, 5.41) is 12.0. The summed E-state index contributed by atoms with van der Waals surface area (Å²) in [5.74, 6) is 1.50. The molecule has 0 spiro atoms. The summed E-state index contributed by atoms with van der Waals surface area (Å²) >= 11 is 4.66. The van der Waals surface area contributed by atoms with Gasteiger partial charge in [0.15, 0.2) is 15.6 Å². The third-order valence-corrected chi connectivity index (χ3v) is 4.74. The number of hydrogen-bond acceptors (Lipinski definition) is 5. The molecule has 1 aromatic carbocycles. The number of halogens is 1. The van der Waals surface area contributed by atoms with Gasteiger partial charge in [-0.1, -0.05) is 36.9 Å². The third kappa shape index (κ3) is 4.52. The molecule has 2 aromatic heterocycles. The third-order valence-electron chi connectivity index (χ3n) is 3.35. The molecule has 8 heteroatoms. The maximum atomic E-state index is 12.1. The molecule has 1 N–H and O–H groups in total. The lowest BCUT2D eigenvalue weighted by Crippen LogP contribution is -2.14. The summed E-state index contributed by atoms with van der Waals surface area (Å²) in [7, 11) is 0. The lowest BCUT2D eigenvalue weighted by molar-refractivity contribution is -0.113. The highest BCUT2D eigenvalue weighted by Crippen LogP contribution is 2.27. The van der Waals surface area contributed by atoms with Crippen LogP contribution in [-0.2, 0) is 11.3 Å². The zero-order chi connectivity index (χ0) is 17.6. The van der Waals surface area contributed by atoms with Crippen molar-refractivity contribution >= 4 is 39.3 Å². The predicted octanol–water partition coefficient (Wildman–Crippen LogP) is 4.44. The lowest BCUT2D eigenvalue weighted by atomic mass is 10.3. The average Bonchev–Trinajstić information content (AvgIpc) is 3.20. The van der Waals surface area contributed by atoms with Crippen molar-refractivity contribution in [1.82, 2.24) is 14.8 Å². The molecule has 1 amide bonds. The van der Waals surface area contributed by atoms with Crippen molar-refractivity contribution in [3.63, 3.8) is 0 Å². The highest BCUT2D eigenvalue weighted by molar-refractivity contribution is 9.10. The summed E-state index contributed by atoms with van der Waals surface area (Å²) in [4.78, 5) is 12.1. The topological polar surface area (TPSA) is 73.0 Å². The molecule has 0 atom stereocenters. The van der Waals surface area contributed by atoms with E-state index in [9.17, 15) is 4.79 Å². The maximum absolute atomic E-state index is 12.1. The van der Waals surface area contributed by atoms with E-state index in [1.54, 1.807) is 0 Å². The van der Waals surface area contributed by atoms with Crippen LogP contribution >= 0.6 is 27.7 Å². The van der Waals surface area contributed by atoms with E-state index < -0.39 is 0 Å². The number of aromatic nitrogens is 3. The van der Waals surface area contributed by atoms with Gasteiger partial charge in [-0.15, -0.1) is 10.2 Å². The molecule has 130 valence electrons. The van der Waals surface area contributed by atoms with E-state index in [0.717, 1.165) is 18.7 Å². The fourth-order valence-electron chi connectivity index (χ4n) is 2.29. The number of nitrogens with zero attached hydrogens (tertiary/aromatic N) is 3. The molecule has 0 aliphatic carbocycles. The van der Waals surface area contributed by atoms with Gasteiger partial charge in [-0.05, 0) is 46.6 Å². The van der Waals surface area contributed by atoms with Crippen molar-refractivity contribution in [2.45, 2.75) is 25.0 Å². The second-order valence-corrected chi connectivity index (χ2v) is 6.99. The highest BCUT2D eigenvalue weighted by atomic mass is 79.9. The van der Waals surface area contributed by atoms with Gasteiger partial charge in [0.05, 0.1) is 5.75 Å². The fraction of sp³-hybridized carbons (Fsp3) is 0.235. The van der Waals surface area contributed by atoms with Gasteiger partial charge in [-0.3, -0.25) is 9.36 Å². The van der Waals surface area contributed by atoms with Gasteiger partial charge in [-0.2, -0.15) is 0 Å². The Morgan fingerprint density at radius 1 is 1.24 bits per heavy atom. The van der Waals surface area contributed by atoms with E-state index in [1.807, 2.05) is 47.0 Å². The van der Waals surface area contributed by atoms with Crippen LogP contribution in [0, 0.1) is 0 Å². The van der Waals surface area contributed by atoms with Crippen molar-refractivity contribution in [2.24, 2.45) is 0 Å². The molecule has 0 saturated carbocycles. The van der Waals surface area contributed by atoms with Crippen LogP contribution in [0.4, 0.5) is 5.69 Å². The van der Waals surface area contributed by atoms with Crippen molar-refractivity contribution in [1.29, 1.82) is 0 Å². The molecule has 3 rings (SSSR count). The fourth-order valence-corrected chi connectivity index (χ4v) is 3.36. The first-order valence-electron chi connectivity index (χ1n) is 7.84. The summed E-state index contributed by atoms with van der Waals surface area (Å²) in [5.41, 5.74) is 0.782. The van der Waals surface area contributed by atoms with Gasteiger partial charge >= 0.3 is 0 Å². The Balaban J connectivity index is 1.69. The minimum Gasteiger partial charge on any atom is -0.446 e. The Hall–Kier alpha value is -2.06. The van der Waals surface area contributed by atoms with Crippen LogP contribution in [0.1, 0.15) is 13.3 Å². The van der Waals surface area contributed by atoms with Crippen LogP contribution < -0.4 is 5.32 Å². The molecular weight excluding hydrogens is 404 g/mol. The second kappa shape index (κ2) is 8.35. The van der Waals surface area contributed by atoms with Crippen molar-refractivity contribution in [3.05, 3.63) is 47.1 Å². The Labute approximate surface area is 158 Å². The van der Waals surface area contributed by atoms with Crippen molar-refractivity contribution < 1.29 is 9.21 Å². The largest absolute Gasteiger partial charge is 0.446 e. The first-order chi connectivity index (χ1) is 12.2. The number of amides is 1. The molecule has 0 aliphatic heterocycles. The van der Waals surface area contributed by atoms with Gasteiger partial charge in [0.1, 0.15) is 0 Å². The van der Waals surface area contributed by atoms with Gasteiger partial charge < -0.3 is 9.73 Å². The number of carbonyl (C=O) groups is 1. The van der Waals surface area contributed by atoms with E-state index in [4.69, 9.17) is 4.42 Å². The predicted molar refractivity (Wildman–Crippen MR) is 102 cm³/mol. The number of nitrogens with one attached hydrogen (secondary N) is 1. The Morgan fingerprint density at radius 2 is 2.04 bits per heavy atom. The highest BCUT2D eigenvalue weighted by Gasteiger charge is 2.17. The lowest BCUT2D eigenvalue weighted by Gasteiger charge is -2.08. The van der Waals surface area contributed by atoms with E-state index in [1.165, 1.54) is 11.8 Å². The minimum absolute atomic E-state index is 0.0791. The molecule has 6 nitrogen and oxygen atoms in total. The van der Waals surface area contributed by atoms with E-state index in [0.29, 0.717) is 21.4 Å². The van der Waals surface area contributed by atoms with Crippen molar-refractivity contribution in [3.8, 4) is 11.6 Å². The second-order valence-electron chi connectivity index (χ2n) is 5.26. The molecule has 0 fully saturated rings. The number of benzene rings is 1. The zero-order valence-corrected chi connectivity index (χ0v) is 16.0. The minimum atomic E-state index is -0.0791. The molecule has 0 bridgehead atoms. The number of para-hydroxylation sites is 1. The summed E-state index contributed by atoms with van der Waals surface area (Å²) in [6.45, 7) is 2.84. The number of anilines is 1. The standard InChI is InChI=1S/C17H17BrN4O2S/c1-2-10-22-16(13-8-9-14(18)24-13)20-21-17(22)25-11-15(23)19-12-6-4-3-5-7-12/h3-9H,2,10-11H2,1H3,(H,19,23). The van der Waals surface area contributed by atoms with E-state index in [2.05, 4.69) is 38.4 Å². The first kappa shape index (κ1) is 17.8. The number of carbonyl (C=O) groups excluding carboxylic acids is 1. The Morgan fingerprint density at radius 3 is 2.72 bits per heavy atom. The normalized spacial score (nSPS) is 10.8. The average molecular weight is 421 g/mol. The van der Waals surface area contributed by atoms with Crippen LogP contribution in [0.25, 0.3) is 11.6 Å². The van der Waals surface area contributed by atoms with Gasteiger partial charge in [0.25, 0.3) is 0 Å². The smallest absolute Gasteiger partial charge is 0.234 e. The SMILES string of the molecule is CCCn1c(SCC(=O)Nc2ccccc2)nnc1-c1ccc(Br)o1. The van der Waals surface area contributed by atoms with E-state index in [-0.39, 0.29) is 11.7 Å². The summed E-state index contributed by atoms with van der Waals surface area (Å²) in [6.07, 6.45) is 0.927. The molecule has 0 radical (unpaired) electrons. The molecule has 0 saturated heterocycles. The van der Waals surface area contributed by atoms with Gasteiger partial charge in [0.2, 0.25) is 11.7 Å². The Bertz CT molecular complexity index is 847. The zero-order valence-electron chi connectivity index (χ0n) is 13.6. The summed E-state index contributed by atoms with van der Waals surface area (Å²) < 4.78 is 8.20. The quantitative estimate of drug-likeness (QED) is 0.571. The molecule has 0 unspecified atom stereocenters. The van der Waals surface area contributed by atoms with Crippen LogP contribution in [-0.4, -0.2) is 26.4 Å². The molecule has 3 aromatic rings. The maximum Gasteiger partial charge on any atom is 0.234 e. The number of hydrogen-bond donors (Lipinski definition) is 1. The van der Waals surface area contributed by atoms with E-state index >= 15 is 0 Å². The first-order valence-corrected chi connectivity index (χ1v) is 9.62. The molecule has 0 aliphatic rings. The molecule has 2 heterocycles. The van der Waals surface area contributed by atoms with Crippen LogP contribution in [0.15, 0.2) is 56.7 Å². The molecule has 25 heavy (non-hydrogen) atoms. The monoisotopic (exact) mass is 420 g/mol. The van der Waals surface area contributed by atoms with Crippen LogP contribution in [0.2, 0.25) is 0 Å². The Kier molecular flexibility index (Phi) is 5.93. The van der Waals surface area contributed by atoms with Crippen LogP contribution in [0.5, 0.6) is 0 Å². The number of thioether (sulfide) groups is 1. The van der Waals surface area contributed by atoms with Crippen LogP contribution in [0.3, 0.4) is 0 Å². The molecular formula is C17H17BrN4O2S. The summed E-state index contributed by atoms with van der Waals surface area (Å²) in [6, 6.07) is 13.1. The van der Waals surface area contributed by atoms with Crippen molar-refractivity contribution in [2.75, 3.05) is 11.1 Å².